The second kappa shape index (κ2) is 12.6. The summed E-state index contributed by atoms with van der Waals surface area (Å²) in [6.45, 7) is -0.178. The Bertz CT molecular complexity index is 2690. The van der Waals surface area contributed by atoms with Crippen LogP contribution < -0.4 is 26.0 Å². The van der Waals surface area contributed by atoms with Crippen molar-refractivity contribution in [1.29, 1.82) is 5.26 Å². The van der Waals surface area contributed by atoms with Crippen molar-refractivity contribution in [3.05, 3.63) is 194 Å². The van der Waals surface area contributed by atoms with Crippen LogP contribution >= 0.6 is 0 Å². The van der Waals surface area contributed by atoms with Gasteiger partial charge in [0.2, 0.25) is 0 Å². The molecule has 53 heavy (non-hydrogen) atoms. The predicted molar refractivity (Wildman–Crippen MR) is 219 cm³/mol. The quantitative estimate of drug-likeness (QED) is 0.171. The zero-order valence-electron chi connectivity index (χ0n) is 28.8. The van der Waals surface area contributed by atoms with Crippen molar-refractivity contribution in [3.63, 3.8) is 0 Å². The maximum atomic E-state index is 10.6. The molecule has 4 heteroatoms. The highest BCUT2D eigenvalue weighted by molar-refractivity contribution is 6.99. The molecule has 0 N–H and O–H groups in total. The number of fused-ring (bicyclic) bond motifs is 4. The molecule has 8 aromatic carbocycles. The van der Waals surface area contributed by atoms with Crippen LogP contribution in [-0.2, 0) is 0 Å². The van der Waals surface area contributed by atoms with E-state index in [1.807, 2.05) is 36.4 Å². The lowest BCUT2D eigenvalue weighted by molar-refractivity contribution is 0.486. The summed E-state index contributed by atoms with van der Waals surface area (Å²) in [4.78, 5) is 2.39. The zero-order valence-corrected chi connectivity index (χ0v) is 28.8. The van der Waals surface area contributed by atoms with E-state index < -0.39 is 0 Å². The first kappa shape index (κ1) is 30.7. The number of hydrogen-bond acceptors (Lipinski definition) is 3. The minimum Gasteiger partial charge on any atom is -0.457 e. The maximum Gasteiger partial charge on any atom is 0.256 e. The van der Waals surface area contributed by atoms with E-state index in [9.17, 15) is 5.26 Å². The van der Waals surface area contributed by atoms with E-state index in [2.05, 4.69) is 163 Å². The third-order valence-electron chi connectivity index (χ3n) is 10.5. The van der Waals surface area contributed by atoms with Crippen LogP contribution in [0, 0.1) is 11.3 Å². The molecule has 2 heterocycles. The van der Waals surface area contributed by atoms with Crippen LogP contribution in [0.2, 0.25) is 0 Å². The molecule has 0 bridgehead atoms. The summed E-state index contributed by atoms with van der Waals surface area (Å²) in [5.74, 6) is 1.39. The molecule has 0 unspecified atom stereocenters. The van der Waals surface area contributed by atoms with E-state index in [1.54, 1.807) is 0 Å². The number of nitrogens with zero attached hydrogens (tertiary/aromatic N) is 2. The molecule has 2 aliphatic rings. The van der Waals surface area contributed by atoms with Crippen molar-refractivity contribution in [2.24, 2.45) is 0 Å². The number of nitriles is 1. The van der Waals surface area contributed by atoms with Gasteiger partial charge >= 0.3 is 0 Å². The fraction of sp³-hybridized carbons (Fsp3) is 0. The number of rotatable bonds is 5. The second-order valence-corrected chi connectivity index (χ2v) is 13.6. The topological polar surface area (TPSA) is 36.3 Å². The van der Waals surface area contributed by atoms with E-state index in [0.717, 1.165) is 67.1 Å². The third kappa shape index (κ3) is 5.22. The second-order valence-electron chi connectivity index (χ2n) is 13.6. The third-order valence-corrected chi connectivity index (χ3v) is 10.5. The number of hydrogen-bond donors (Lipinski definition) is 0. The summed E-state index contributed by atoms with van der Waals surface area (Å²) < 4.78 is 6.94. The molecular formula is C49H31BN2O. The minimum absolute atomic E-state index is 0.178. The molecule has 0 radical (unpaired) electrons. The van der Waals surface area contributed by atoms with Crippen molar-refractivity contribution >= 4 is 40.2 Å². The Morgan fingerprint density at radius 1 is 0.434 bits per heavy atom. The highest BCUT2D eigenvalue weighted by Crippen LogP contribution is 2.45. The van der Waals surface area contributed by atoms with Crippen LogP contribution in [0.15, 0.2) is 188 Å². The molecule has 8 aromatic rings. The molecule has 0 fully saturated rings. The smallest absolute Gasteiger partial charge is 0.256 e. The van der Waals surface area contributed by atoms with Gasteiger partial charge in [0.15, 0.2) is 0 Å². The van der Waals surface area contributed by atoms with Crippen molar-refractivity contribution < 1.29 is 4.74 Å². The first-order valence-electron chi connectivity index (χ1n) is 17.9. The molecule has 0 aromatic heterocycles. The van der Waals surface area contributed by atoms with Crippen LogP contribution in [-0.4, -0.2) is 6.71 Å². The average molecular weight is 675 g/mol. The van der Waals surface area contributed by atoms with E-state index in [-0.39, 0.29) is 6.71 Å². The molecule has 0 atom stereocenters. The first-order chi connectivity index (χ1) is 26.2. The number of anilines is 3. The summed E-state index contributed by atoms with van der Waals surface area (Å²) >= 11 is 0. The lowest BCUT2D eigenvalue weighted by atomic mass is 9.33. The van der Waals surface area contributed by atoms with Gasteiger partial charge in [-0.25, -0.2) is 0 Å². The van der Waals surface area contributed by atoms with Gasteiger partial charge in [0.25, 0.3) is 6.71 Å². The maximum absolute atomic E-state index is 10.6. The Kier molecular flexibility index (Phi) is 7.30. The molecule has 0 saturated carbocycles. The summed E-state index contributed by atoms with van der Waals surface area (Å²) in [7, 11) is 0. The van der Waals surface area contributed by atoms with Gasteiger partial charge in [0, 0.05) is 17.1 Å². The van der Waals surface area contributed by atoms with Crippen molar-refractivity contribution in [1.82, 2.24) is 0 Å². The van der Waals surface area contributed by atoms with Crippen molar-refractivity contribution in [3.8, 4) is 62.1 Å². The van der Waals surface area contributed by atoms with E-state index in [0.29, 0.717) is 11.3 Å². The van der Waals surface area contributed by atoms with E-state index in [4.69, 9.17) is 4.74 Å². The van der Waals surface area contributed by atoms with Crippen LogP contribution in [0.5, 0.6) is 11.5 Å². The lowest BCUT2D eigenvalue weighted by Gasteiger charge is -2.41. The van der Waals surface area contributed by atoms with Gasteiger partial charge in [-0.2, -0.15) is 5.26 Å². The molecule has 3 nitrogen and oxygen atoms in total. The van der Waals surface area contributed by atoms with Gasteiger partial charge in [-0.15, -0.1) is 0 Å². The molecule has 0 amide bonds. The minimum atomic E-state index is -0.178. The molecule has 0 spiro atoms. The average Bonchev–Trinajstić information content (AvgIpc) is 3.24. The monoisotopic (exact) mass is 674 g/mol. The van der Waals surface area contributed by atoms with Gasteiger partial charge in [-0.3, -0.25) is 0 Å². The van der Waals surface area contributed by atoms with Crippen LogP contribution in [0.4, 0.5) is 17.1 Å². The lowest BCUT2D eigenvalue weighted by Crippen LogP contribution is -2.59. The fourth-order valence-corrected chi connectivity index (χ4v) is 8.06. The van der Waals surface area contributed by atoms with Gasteiger partial charge in [-0.1, -0.05) is 152 Å². The Morgan fingerprint density at radius 3 is 1.51 bits per heavy atom. The van der Waals surface area contributed by atoms with Gasteiger partial charge in [-0.05, 0) is 97.3 Å². The molecule has 246 valence electrons. The van der Waals surface area contributed by atoms with Crippen LogP contribution in [0.25, 0.3) is 44.5 Å². The zero-order chi connectivity index (χ0) is 35.3. The van der Waals surface area contributed by atoms with Crippen LogP contribution in [0.3, 0.4) is 0 Å². The largest absolute Gasteiger partial charge is 0.457 e. The number of ether oxygens (including phenoxy) is 1. The Balaban J connectivity index is 1.26. The van der Waals surface area contributed by atoms with Gasteiger partial charge in [0.05, 0.1) is 5.56 Å². The van der Waals surface area contributed by atoms with Gasteiger partial charge in [0.1, 0.15) is 17.6 Å². The number of benzene rings is 8. The Morgan fingerprint density at radius 2 is 0.925 bits per heavy atom. The summed E-state index contributed by atoms with van der Waals surface area (Å²) in [5.41, 5.74) is 15.9. The molecule has 10 rings (SSSR count). The van der Waals surface area contributed by atoms with Crippen LogP contribution in [0.1, 0.15) is 5.56 Å². The molecular weight excluding hydrogens is 643 g/mol. The van der Waals surface area contributed by atoms with Crippen molar-refractivity contribution in [2.75, 3.05) is 4.90 Å². The summed E-state index contributed by atoms with van der Waals surface area (Å²) in [6.07, 6.45) is 0. The molecule has 0 saturated heterocycles. The highest BCUT2D eigenvalue weighted by atomic mass is 16.5. The molecule has 0 aliphatic carbocycles. The van der Waals surface area contributed by atoms with E-state index in [1.165, 1.54) is 16.6 Å². The Labute approximate surface area is 309 Å². The predicted octanol–water partition coefficient (Wildman–Crippen LogP) is 10.6. The summed E-state index contributed by atoms with van der Waals surface area (Å²) in [5, 5.41) is 10.6. The standard InChI is InChI=1S/C49H31BN2O/c51-32-41-27-39(35-17-9-3-10-18-35)29-44-49(41)53-47-31-40(36-19-11-4-12-20-36)30-46-48(47)50(44)43-28-38(34-15-7-2-8-16-34)23-26-45(43)52(46)42-24-21-37(22-25-42)33-13-5-1-6-14-33/h1-31H. The summed E-state index contributed by atoms with van der Waals surface area (Å²) in [6, 6.07) is 68.6. The first-order valence-corrected chi connectivity index (χ1v) is 17.9. The van der Waals surface area contributed by atoms with Crippen molar-refractivity contribution in [2.45, 2.75) is 0 Å². The Hall–Kier alpha value is -7.09. The molecule has 2 aliphatic heterocycles. The normalized spacial score (nSPS) is 12.2. The van der Waals surface area contributed by atoms with E-state index >= 15 is 0 Å². The van der Waals surface area contributed by atoms with Gasteiger partial charge < -0.3 is 9.64 Å². The fourth-order valence-electron chi connectivity index (χ4n) is 8.06. The highest BCUT2D eigenvalue weighted by Gasteiger charge is 2.43. The SMILES string of the molecule is N#Cc1cc(-c2ccccc2)cc2c1Oc1cc(-c3ccccc3)cc3c1B2c1cc(-c2ccccc2)ccc1N3c1ccc(-c2ccccc2)cc1.